The third-order valence-corrected chi connectivity index (χ3v) is 4.74. The van der Waals surface area contributed by atoms with E-state index in [-0.39, 0.29) is 0 Å². The second-order valence-corrected chi connectivity index (χ2v) is 6.59. The van der Waals surface area contributed by atoms with Gasteiger partial charge in [0, 0.05) is 23.4 Å². The fraction of sp³-hybridized carbons (Fsp3) is 0.158. The zero-order valence-electron chi connectivity index (χ0n) is 13.5. The van der Waals surface area contributed by atoms with Crippen molar-refractivity contribution in [1.29, 1.82) is 0 Å². The van der Waals surface area contributed by atoms with Crippen LogP contribution in [0.4, 0.5) is 0 Å². The van der Waals surface area contributed by atoms with Gasteiger partial charge in [-0.25, -0.2) is 4.98 Å². The van der Waals surface area contributed by atoms with Gasteiger partial charge in [0.25, 0.3) is 0 Å². The predicted octanol–water partition coefficient (Wildman–Crippen LogP) is 3.70. The molecule has 0 aliphatic rings. The summed E-state index contributed by atoms with van der Waals surface area (Å²) in [4.78, 5) is 19.1. The highest BCUT2D eigenvalue weighted by atomic mass is 32.2. The Bertz CT molecular complexity index is 826. The lowest BCUT2D eigenvalue weighted by Crippen LogP contribution is -2.10. The molecule has 0 saturated carbocycles. The molecule has 4 nitrogen and oxygen atoms in total. The van der Waals surface area contributed by atoms with Crippen molar-refractivity contribution in [3.05, 3.63) is 82.7 Å². The molecule has 0 radical (unpaired) electrons. The SMILES string of the molecule is Cc1[nH]c(SCc2ccc(C(N)=O)cc2)nc1Cc1ccccc1. The highest BCUT2D eigenvalue weighted by molar-refractivity contribution is 7.98. The van der Waals surface area contributed by atoms with Crippen LogP contribution < -0.4 is 5.73 Å². The van der Waals surface area contributed by atoms with E-state index < -0.39 is 5.91 Å². The number of benzene rings is 2. The number of nitrogens with one attached hydrogen (secondary N) is 1. The van der Waals surface area contributed by atoms with E-state index in [1.165, 1.54) is 5.56 Å². The van der Waals surface area contributed by atoms with E-state index in [0.717, 1.165) is 34.3 Å². The van der Waals surface area contributed by atoms with Crippen LogP contribution >= 0.6 is 11.8 Å². The third kappa shape index (κ3) is 4.06. The lowest BCUT2D eigenvalue weighted by molar-refractivity contribution is 0.100. The third-order valence-electron chi connectivity index (χ3n) is 3.79. The van der Waals surface area contributed by atoms with Crippen LogP contribution in [0, 0.1) is 6.92 Å². The van der Waals surface area contributed by atoms with Gasteiger partial charge in [-0.05, 0) is 30.2 Å². The van der Waals surface area contributed by atoms with E-state index >= 15 is 0 Å². The number of hydrogen-bond acceptors (Lipinski definition) is 3. The van der Waals surface area contributed by atoms with Crippen LogP contribution in [0.5, 0.6) is 0 Å². The number of nitrogens with zero attached hydrogens (tertiary/aromatic N) is 1. The van der Waals surface area contributed by atoms with Crippen LogP contribution in [-0.2, 0) is 12.2 Å². The number of hydrogen-bond donors (Lipinski definition) is 2. The number of rotatable bonds is 6. The number of carbonyl (C=O) groups excluding carboxylic acids is 1. The lowest BCUT2D eigenvalue weighted by atomic mass is 10.1. The molecular formula is C19H19N3OS. The van der Waals surface area contributed by atoms with Crippen molar-refractivity contribution in [2.24, 2.45) is 5.73 Å². The Morgan fingerprint density at radius 2 is 1.79 bits per heavy atom. The predicted molar refractivity (Wildman–Crippen MR) is 97.1 cm³/mol. The first-order valence-electron chi connectivity index (χ1n) is 7.73. The zero-order valence-corrected chi connectivity index (χ0v) is 14.3. The molecule has 3 rings (SSSR count). The van der Waals surface area contributed by atoms with Crippen LogP contribution in [0.3, 0.4) is 0 Å². The van der Waals surface area contributed by atoms with Gasteiger partial charge < -0.3 is 10.7 Å². The van der Waals surface area contributed by atoms with E-state index in [1.54, 1.807) is 23.9 Å². The van der Waals surface area contributed by atoms with Crippen molar-refractivity contribution in [2.45, 2.75) is 24.3 Å². The summed E-state index contributed by atoms with van der Waals surface area (Å²) < 4.78 is 0. The summed E-state index contributed by atoms with van der Waals surface area (Å²) in [7, 11) is 0. The Morgan fingerprint density at radius 1 is 1.08 bits per heavy atom. The van der Waals surface area contributed by atoms with E-state index in [0.29, 0.717) is 5.56 Å². The molecule has 3 N–H and O–H groups in total. The first-order chi connectivity index (χ1) is 11.6. The smallest absolute Gasteiger partial charge is 0.248 e. The average Bonchev–Trinajstić information content (AvgIpc) is 2.94. The molecule has 0 unspecified atom stereocenters. The van der Waals surface area contributed by atoms with Crippen molar-refractivity contribution in [2.75, 3.05) is 0 Å². The van der Waals surface area contributed by atoms with Crippen LogP contribution in [0.25, 0.3) is 0 Å². The monoisotopic (exact) mass is 337 g/mol. The number of primary amides is 1. The van der Waals surface area contributed by atoms with Gasteiger partial charge in [0.15, 0.2) is 5.16 Å². The second kappa shape index (κ2) is 7.36. The molecule has 122 valence electrons. The molecule has 0 bridgehead atoms. The summed E-state index contributed by atoms with van der Waals surface area (Å²) in [5.41, 5.74) is 10.3. The quantitative estimate of drug-likeness (QED) is 0.674. The van der Waals surface area contributed by atoms with Crippen molar-refractivity contribution >= 4 is 17.7 Å². The highest BCUT2D eigenvalue weighted by Crippen LogP contribution is 2.22. The van der Waals surface area contributed by atoms with Crippen LogP contribution in [0.1, 0.15) is 32.9 Å². The molecule has 0 aliphatic carbocycles. The summed E-state index contributed by atoms with van der Waals surface area (Å²) in [6.07, 6.45) is 0.830. The number of aryl methyl sites for hydroxylation is 1. The molecule has 1 heterocycles. The van der Waals surface area contributed by atoms with E-state index in [2.05, 4.69) is 24.0 Å². The molecule has 0 spiro atoms. The Morgan fingerprint density at radius 3 is 2.46 bits per heavy atom. The molecular weight excluding hydrogens is 318 g/mol. The molecule has 2 aromatic carbocycles. The van der Waals surface area contributed by atoms with Crippen molar-refractivity contribution in [1.82, 2.24) is 9.97 Å². The van der Waals surface area contributed by atoms with E-state index in [9.17, 15) is 4.79 Å². The number of amides is 1. The fourth-order valence-electron chi connectivity index (χ4n) is 2.41. The molecule has 3 aromatic rings. The molecule has 24 heavy (non-hydrogen) atoms. The van der Waals surface area contributed by atoms with Gasteiger partial charge in [-0.1, -0.05) is 54.2 Å². The maximum absolute atomic E-state index is 11.1. The van der Waals surface area contributed by atoms with Crippen molar-refractivity contribution in [3.8, 4) is 0 Å². The minimum atomic E-state index is -0.401. The molecule has 0 aliphatic heterocycles. The summed E-state index contributed by atoms with van der Waals surface area (Å²) in [6.45, 7) is 2.05. The standard InChI is InChI=1S/C19H19N3OS/c1-13-17(11-14-5-3-2-4-6-14)22-19(21-13)24-12-15-7-9-16(10-8-15)18(20)23/h2-10H,11-12H2,1H3,(H2,20,23)(H,21,22). The molecule has 1 amide bonds. The molecule has 1 aromatic heterocycles. The fourth-order valence-corrected chi connectivity index (χ4v) is 3.31. The van der Waals surface area contributed by atoms with Crippen LogP contribution in [0.15, 0.2) is 59.8 Å². The Balaban J connectivity index is 1.63. The van der Waals surface area contributed by atoms with Gasteiger partial charge in [0.2, 0.25) is 5.91 Å². The summed E-state index contributed by atoms with van der Waals surface area (Å²) in [5, 5.41) is 0.914. The Kier molecular flexibility index (Phi) is 5.01. The van der Waals surface area contributed by atoms with Gasteiger partial charge in [-0.3, -0.25) is 4.79 Å². The number of aromatic amines is 1. The largest absolute Gasteiger partial charge is 0.366 e. The van der Waals surface area contributed by atoms with E-state index in [1.807, 2.05) is 30.3 Å². The van der Waals surface area contributed by atoms with Crippen molar-refractivity contribution < 1.29 is 4.79 Å². The molecule has 0 atom stereocenters. The van der Waals surface area contributed by atoms with Crippen LogP contribution in [-0.4, -0.2) is 15.9 Å². The first kappa shape index (κ1) is 16.3. The highest BCUT2D eigenvalue weighted by Gasteiger charge is 2.08. The molecule has 0 saturated heterocycles. The summed E-state index contributed by atoms with van der Waals surface area (Å²) in [5.74, 6) is 0.387. The van der Waals surface area contributed by atoms with Gasteiger partial charge >= 0.3 is 0 Å². The zero-order chi connectivity index (χ0) is 16.9. The van der Waals surface area contributed by atoms with Gasteiger partial charge in [0.05, 0.1) is 5.69 Å². The maximum atomic E-state index is 11.1. The van der Waals surface area contributed by atoms with Gasteiger partial charge in [0.1, 0.15) is 0 Å². The first-order valence-corrected chi connectivity index (χ1v) is 8.71. The number of imidazole rings is 1. The number of carbonyl (C=O) groups is 1. The number of nitrogens with two attached hydrogens (primary N) is 1. The topological polar surface area (TPSA) is 71.8 Å². The molecule has 5 heteroatoms. The Hall–Kier alpha value is -2.53. The maximum Gasteiger partial charge on any atom is 0.248 e. The molecule has 0 fully saturated rings. The number of H-pyrrole nitrogens is 1. The van der Waals surface area contributed by atoms with E-state index in [4.69, 9.17) is 10.7 Å². The van der Waals surface area contributed by atoms with Crippen LogP contribution in [0.2, 0.25) is 0 Å². The lowest BCUT2D eigenvalue weighted by Gasteiger charge is -2.01. The average molecular weight is 337 g/mol. The van der Waals surface area contributed by atoms with Crippen molar-refractivity contribution in [3.63, 3.8) is 0 Å². The summed E-state index contributed by atoms with van der Waals surface area (Å²) >= 11 is 1.65. The Labute approximate surface area is 145 Å². The normalized spacial score (nSPS) is 10.7. The van der Waals surface area contributed by atoms with Gasteiger partial charge in [-0.15, -0.1) is 0 Å². The number of thioether (sulfide) groups is 1. The summed E-state index contributed by atoms with van der Waals surface area (Å²) in [6, 6.07) is 17.7. The number of aromatic nitrogens is 2. The second-order valence-electron chi connectivity index (χ2n) is 5.63. The van der Waals surface area contributed by atoms with Gasteiger partial charge in [-0.2, -0.15) is 0 Å². The minimum Gasteiger partial charge on any atom is -0.366 e. The minimum absolute atomic E-state index is 0.401.